The van der Waals surface area contributed by atoms with Gasteiger partial charge in [0.25, 0.3) is 0 Å². The molecule has 0 aliphatic heterocycles. The zero-order chi connectivity index (χ0) is 14.2. The zero-order valence-corrected chi connectivity index (χ0v) is 13.5. The Morgan fingerprint density at radius 1 is 1.17 bits per heavy atom. The molecule has 0 aliphatic rings. The first-order chi connectivity index (χ1) is 8.28. The summed E-state index contributed by atoms with van der Waals surface area (Å²) in [4.78, 5) is 2.40. The Balaban J connectivity index is 3.55. The maximum Gasteiger partial charge on any atom is 0.0637 e. The molecule has 18 heavy (non-hydrogen) atoms. The number of rotatable bonds is 10. The van der Waals surface area contributed by atoms with Crippen LogP contribution in [0.5, 0.6) is 0 Å². The van der Waals surface area contributed by atoms with Crippen molar-refractivity contribution in [1.29, 1.82) is 0 Å². The summed E-state index contributed by atoms with van der Waals surface area (Å²) in [6.07, 6.45) is 3.56. The standard InChI is InChI=1S/C15H34N2O/c1-13(2)17(6)11-9-8-10-16-14(3)12-15(4,5)18-7/h13-14,16H,8-12H2,1-7H3. The Morgan fingerprint density at radius 3 is 2.28 bits per heavy atom. The predicted octanol–water partition coefficient (Wildman–Crippen LogP) is 2.90. The van der Waals surface area contributed by atoms with E-state index in [1.165, 1.54) is 19.4 Å². The molecule has 0 aromatic carbocycles. The number of nitrogens with one attached hydrogen (secondary N) is 1. The molecule has 3 nitrogen and oxygen atoms in total. The molecule has 110 valence electrons. The first-order valence-corrected chi connectivity index (χ1v) is 7.27. The Hall–Kier alpha value is -0.120. The molecule has 0 bridgehead atoms. The van der Waals surface area contributed by atoms with Gasteiger partial charge in [-0.05, 0) is 74.0 Å². The number of hydrogen-bond donors (Lipinski definition) is 1. The van der Waals surface area contributed by atoms with Gasteiger partial charge in [0, 0.05) is 19.2 Å². The van der Waals surface area contributed by atoms with Crippen LogP contribution in [-0.2, 0) is 4.74 Å². The summed E-state index contributed by atoms with van der Waals surface area (Å²) in [5.74, 6) is 0. The topological polar surface area (TPSA) is 24.5 Å². The molecule has 0 saturated heterocycles. The molecule has 1 atom stereocenters. The van der Waals surface area contributed by atoms with Crippen molar-refractivity contribution in [2.24, 2.45) is 0 Å². The minimum absolute atomic E-state index is 0.0235. The highest BCUT2D eigenvalue weighted by Gasteiger charge is 2.19. The fourth-order valence-corrected chi connectivity index (χ4v) is 1.99. The molecular formula is C15H34N2O. The van der Waals surface area contributed by atoms with Crippen molar-refractivity contribution in [1.82, 2.24) is 10.2 Å². The number of hydrogen-bond acceptors (Lipinski definition) is 3. The van der Waals surface area contributed by atoms with Gasteiger partial charge in [-0.2, -0.15) is 0 Å². The van der Waals surface area contributed by atoms with Crippen LogP contribution in [0, 0.1) is 0 Å². The Labute approximate surface area is 114 Å². The lowest BCUT2D eigenvalue weighted by Gasteiger charge is -2.27. The van der Waals surface area contributed by atoms with Gasteiger partial charge in [0.1, 0.15) is 0 Å². The molecule has 0 fully saturated rings. The van der Waals surface area contributed by atoms with Crippen LogP contribution in [0.1, 0.15) is 53.9 Å². The molecule has 0 aromatic rings. The van der Waals surface area contributed by atoms with Crippen LogP contribution in [0.2, 0.25) is 0 Å². The third-order valence-corrected chi connectivity index (χ3v) is 3.66. The Kier molecular flexibility index (Phi) is 8.83. The quantitative estimate of drug-likeness (QED) is 0.610. The second-order valence-corrected chi connectivity index (χ2v) is 6.30. The van der Waals surface area contributed by atoms with Crippen molar-refractivity contribution in [3.63, 3.8) is 0 Å². The fraction of sp³-hybridized carbons (Fsp3) is 1.00. The minimum atomic E-state index is -0.0235. The van der Waals surface area contributed by atoms with Gasteiger partial charge in [0.15, 0.2) is 0 Å². The van der Waals surface area contributed by atoms with Crippen LogP contribution >= 0.6 is 0 Å². The summed E-state index contributed by atoms with van der Waals surface area (Å²) in [6.45, 7) is 13.3. The second kappa shape index (κ2) is 8.89. The van der Waals surface area contributed by atoms with Crippen LogP contribution in [0.15, 0.2) is 0 Å². The molecule has 0 heterocycles. The van der Waals surface area contributed by atoms with E-state index in [4.69, 9.17) is 4.74 Å². The lowest BCUT2D eigenvalue weighted by Crippen LogP contribution is -2.36. The summed E-state index contributed by atoms with van der Waals surface area (Å²) in [6, 6.07) is 1.17. The minimum Gasteiger partial charge on any atom is -0.379 e. The van der Waals surface area contributed by atoms with E-state index >= 15 is 0 Å². The van der Waals surface area contributed by atoms with Crippen LogP contribution in [0.3, 0.4) is 0 Å². The van der Waals surface area contributed by atoms with E-state index in [0.717, 1.165) is 13.0 Å². The van der Waals surface area contributed by atoms with Crippen molar-refractivity contribution >= 4 is 0 Å². The predicted molar refractivity (Wildman–Crippen MR) is 80.2 cm³/mol. The van der Waals surface area contributed by atoms with E-state index in [-0.39, 0.29) is 5.60 Å². The van der Waals surface area contributed by atoms with Gasteiger partial charge >= 0.3 is 0 Å². The van der Waals surface area contributed by atoms with Crippen molar-refractivity contribution < 1.29 is 4.74 Å². The molecular weight excluding hydrogens is 224 g/mol. The number of ether oxygens (including phenoxy) is 1. The first kappa shape index (κ1) is 17.9. The second-order valence-electron chi connectivity index (χ2n) is 6.30. The van der Waals surface area contributed by atoms with Crippen molar-refractivity contribution in [3.05, 3.63) is 0 Å². The first-order valence-electron chi connectivity index (χ1n) is 7.27. The van der Waals surface area contributed by atoms with Crippen LogP contribution < -0.4 is 5.32 Å². The van der Waals surface area contributed by atoms with Crippen molar-refractivity contribution in [2.45, 2.75) is 71.6 Å². The average Bonchev–Trinajstić information content (AvgIpc) is 2.27. The van der Waals surface area contributed by atoms with E-state index in [1.807, 2.05) is 0 Å². The fourth-order valence-electron chi connectivity index (χ4n) is 1.99. The SMILES string of the molecule is COC(C)(C)CC(C)NCCCCN(C)C(C)C. The molecule has 3 heteroatoms. The molecule has 1 N–H and O–H groups in total. The molecule has 1 unspecified atom stereocenters. The Morgan fingerprint density at radius 2 is 1.78 bits per heavy atom. The van der Waals surface area contributed by atoms with Gasteiger partial charge in [-0.15, -0.1) is 0 Å². The van der Waals surface area contributed by atoms with Gasteiger partial charge in [-0.25, -0.2) is 0 Å². The summed E-state index contributed by atoms with van der Waals surface area (Å²) in [5.41, 5.74) is -0.0235. The van der Waals surface area contributed by atoms with Gasteiger partial charge in [0.2, 0.25) is 0 Å². The molecule has 0 aromatic heterocycles. The van der Waals surface area contributed by atoms with Gasteiger partial charge in [-0.1, -0.05) is 0 Å². The highest BCUT2D eigenvalue weighted by Crippen LogP contribution is 2.15. The number of nitrogens with zero attached hydrogens (tertiary/aromatic N) is 1. The Bertz CT molecular complexity index is 205. The summed E-state index contributed by atoms with van der Waals surface area (Å²) in [7, 11) is 3.98. The van der Waals surface area contributed by atoms with Gasteiger partial charge in [-0.3, -0.25) is 0 Å². The maximum absolute atomic E-state index is 5.45. The zero-order valence-electron chi connectivity index (χ0n) is 13.5. The third-order valence-electron chi connectivity index (χ3n) is 3.66. The van der Waals surface area contributed by atoms with Crippen molar-refractivity contribution in [2.75, 3.05) is 27.2 Å². The van der Waals surface area contributed by atoms with Crippen LogP contribution in [0.4, 0.5) is 0 Å². The third kappa shape index (κ3) is 8.90. The van der Waals surface area contributed by atoms with E-state index < -0.39 is 0 Å². The lowest BCUT2D eigenvalue weighted by molar-refractivity contribution is 0.00858. The maximum atomic E-state index is 5.45. The molecule has 0 spiro atoms. The van der Waals surface area contributed by atoms with E-state index in [0.29, 0.717) is 12.1 Å². The average molecular weight is 258 g/mol. The van der Waals surface area contributed by atoms with Crippen LogP contribution in [0.25, 0.3) is 0 Å². The van der Waals surface area contributed by atoms with E-state index in [2.05, 4.69) is 51.9 Å². The summed E-state index contributed by atoms with van der Waals surface area (Å²) < 4.78 is 5.45. The number of methoxy groups -OCH3 is 1. The molecule has 0 saturated carbocycles. The normalized spacial score (nSPS) is 14.5. The summed E-state index contributed by atoms with van der Waals surface area (Å²) >= 11 is 0. The molecule has 0 aliphatic carbocycles. The summed E-state index contributed by atoms with van der Waals surface area (Å²) in [5, 5.41) is 3.58. The van der Waals surface area contributed by atoms with E-state index in [9.17, 15) is 0 Å². The van der Waals surface area contributed by atoms with Crippen molar-refractivity contribution in [3.8, 4) is 0 Å². The van der Waals surface area contributed by atoms with Gasteiger partial charge in [0.05, 0.1) is 5.60 Å². The van der Waals surface area contributed by atoms with E-state index in [1.54, 1.807) is 7.11 Å². The smallest absolute Gasteiger partial charge is 0.0637 e. The molecule has 0 radical (unpaired) electrons. The molecule has 0 amide bonds. The van der Waals surface area contributed by atoms with Gasteiger partial charge < -0.3 is 15.0 Å². The largest absolute Gasteiger partial charge is 0.379 e. The van der Waals surface area contributed by atoms with Crippen LogP contribution in [-0.4, -0.2) is 49.8 Å². The number of unbranched alkanes of at least 4 members (excludes halogenated alkanes) is 1. The molecule has 0 rings (SSSR count). The lowest BCUT2D eigenvalue weighted by atomic mass is 10.00. The highest BCUT2D eigenvalue weighted by molar-refractivity contribution is 4.75. The highest BCUT2D eigenvalue weighted by atomic mass is 16.5. The monoisotopic (exact) mass is 258 g/mol.